The standard InChI is InChI=1S/C60H64N10O14/c1-31(2)49(65-57(73)77-5)55(71)69-25-39(83-59(75)67-23-37-15-17-47-51(41(37)27-67)81-29-79-47)19-45(69)53-61-21-43(63-53)35-11-7-33(8-12-35)34-9-13-36(14-10-34)44-22-62-54(64-44)46-20-40(26-70(46)56(72)50(32(3)4)66-58(74)78-6)84-60(76)68-24-38-16-18-48-52(42(38)28-68)82-30-80-48/h7-18,21-22,31-32,39-40,45-46,49-50H,19-20,23-30H2,1-6H3,(H,61,63)(H,62,64)(H,65,73)(H,66,74)/t39-,40-,45+,46+,49+,50+/m1/s1. The molecule has 0 unspecified atom stereocenters. The van der Waals surface area contributed by atoms with Crippen molar-refractivity contribution in [3.8, 4) is 56.6 Å². The van der Waals surface area contributed by atoms with Gasteiger partial charge in [0.1, 0.15) is 35.9 Å². The summed E-state index contributed by atoms with van der Waals surface area (Å²) in [6.07, 6.45) is 0.0881. The van der Waals surface area contributed by atoms with Crippen LogP contribution in [0.3, 0.4) is 0 Å². The van der Waals surface area contributed by atoms with Gasteiger partial charge in [0.25, 0.3) is 0 Å². The maximum absolute atomic E-state index is 14.4. The van der Waals surface area contributed by atoms with Crippen molar-refractivity contribution in [3.63, 3.8) is 0 Å². The molecule has 12 rings (SSSR count). The minimum atomic E-state index is -0.927. The quantitative estimate of drug-likeness (QED) is 0.0799. The van der Waals surface area contributed by atoms with Crippen LogP contribution in [-0.4, -0.2) is 141 Å². The Morgan fingerprint density at radius 1 is 0.583 bits per heavy atom. The highest BCUT2D eigenvalue weighted by molar-refractivity contribution is 5.88. The maximum atomic E-state index is 14.4. The Hall–Kier alpha value is -9.48. The number of aromatic amines is 2. The fraction of sp³-hybridized carbons (Fsp3) is 0.400. The van der Waals surface area contributed by atoms with Crippen LogP contribution >= 0.6 is 0 Å². The van der Waals surface area contributed by atoms with Gasteiger partial charge in [-0.05, 0) is 51.8 Å². The van der Waals surface area contributed by atoms with E-state index in [2.05, 4.69) is 20.6 Å². The van der Waals surface area contributed by atoms with Crippen LogP contribution in [0.4, 0.5) is 19.2 Å². The number of methoxy groups -OCH3 is 2. The molecule has 0 bridgehead atoms. The van der Waals surface area contributed by atoms with Gasteiger partial charge in [0.15, 0.2) is 23.0 Å². The second-order valence-electron chi connectivity index (χ2n) is 22.3. The number of hydrogen-bond acceptors (Lipinski definition) is 16. The summed E-state index contributed by atoms with van der Waals surface area (Å²) in [6, 6.07) is 20.3. The van der Waals surface area contributed by atoms with Gasteiger partial charge in [-0.25, -0.2) is 29.1 Å². The van der Waals surface area contributed by atoms with E-state index in [0.29, 0.717) is 59.1 Å². The second-order valence-corrected chi connectivity index (χ2v) is 22.3. The molecule has 6 aliphatic heterocycles. The molecule has 4 N–H and O–H groups in total. The van der Waals surface area contributed by atoms with Gasteiger partial charge in [-0.3, -0.25) is 19.4 Å². The first kappa shape index (κ1) is 55.1. The van der Waals surface area contributed by atoms with E-state index in [1.807, 2.05) is 100 Å². The van der Waals surface area contributed by atoms with Crippen LogP contribution in [0, 0.1) is 11.8 Å². The zero-order valence-electron chi connectivity index (χ0n) is 47.2. The Morgan fingerprint density at radius 2 is 1.05 bits per heavy atom. The monoisotopic (exact) mass is 1150 g/mol. The SMILES string of the molecule is COC(=O)N[C@H](C(=O)N1C[C@H](OC(=O)N2Cc3ccc4c(c3C2)OCO4)C[C@H]1c1nc(-c2ccc(-c3ccc(-c4cnc([C@@H]5C[C@@H](OC(=O)N6Cc7ccc8c(c7C6)OCO8)CN5C(=O)[C@@H](NC(=O)OC)C(C)C)[nH]4)cc3)cc2)c[nH]1)C(C)C. The number of nitrogens with one attached hydrogen (secondary N) is 4. The minimum absolute atomic E-state index is 0.0696. The lowest BCUT2D eigenvalue weighted by molar-refractivity contribution is -0.136. The number of fused-ring (bicyclic) bond motifs is 6. The van der Waals surface area contributed by atoms with Gasteiger partial charge in [0, 0.05) is 48.8 Å². The molecule has 2 fully saturated rings. The van der Waals surface area contributed by atoms with Crippen molar-refractivity contribution in [2.75, 3.05) is 40.9 Å². The Labute approximate surface area is 483 Å². The van der Waals surface area contributed by atoms with E-state index < -0.39 is 60.7 Å². The fourth-order valence-corrected chi connectivity index (χ4v) is 11.9. The number of rotatable bonds is 13. The topological polar surface area (TPSA) is 271 Å². The summed E-state index contributed by atoms with van der Waals surface area (Å²) >= 11 is 0. The lowest BCUT2D eigenvalue weighted by Gasteiger charge is -2.29. The van der Waals surface area contributed by atoms with E-state index >= 15 is 0 Å². The van der Waals surface area contributed by atoms with Gasteiger partial charge in [-0.2, -0.15) is 0 Å². The molecule has 438 valence electrons. The third-order valence-corrected chi connectivity index (χ3v) is 16.4. The predicted molar refractivity (Wildman–Crippen MR) is 298 cm³/mol. The summed E-state index contributed by atoms with van der Waals surface area (Å²) < 4.78 is 44.5. The number of benzene rings is 4. The van der Waals surface area contributed by atoms with Gasteiger partial charge < -0.3 is 68.3 Å². The fourth-order valence-electron chi connectivity index (χ4n) is 11.9. The van der Waals surface area contributed by atoms with E-state index in [4.69, 9.17) is 47.9 Å². The largest absolute Gasteiger partial charge is 0.454 e. The van der Waals surface area contributed by atoms with Crippen LogP contribution in [0.25, 0.3) is 33.6 Å². The Kier molecular flexibility index (Phi) is 14.9. The molecule has 6 aromatic rings. The van der Waals surface area contributed by atoms with Crippen molar-refractivity contribution in [2.24, 2.45) is 11.8 Å². The van der Waals surface area contributed by atoms with Crippen LogP contribution in [0.1, 0.15) is 86.5 Å². The van der Waals surface area contributed by atoms with Crippen molar-refractivity contribution in [1.29, 1.82) is 0 Å². The Balaban J connectivity index is 0.724. The molecular formula is C60H64N10O14. The molecule has 2 aromatic heterocycles. The minimum Gasteiger partial charge on any atom is -0.454 e. The highest BCUT2D eigenvalue weighted by Crippen LogP contribution is 2.44. The molecule has 24 nitrogen and oxygen atoms in total. The molecule has 0 saturated carbocycles. The average Bonchev–Trinajstić information content (AvgIpc) is 3.32. The van der Waals surface area contributed by atoms with Crippen LogP contribution in [0.5, 0.6) is 23.0 Å². The second kappa shape index (κ2) is 22.7. The van der Waals surface area contributed by atoms with Crippen molar-refractivity contribution in [2.45, 2.75) is 103 Å². The Morgan fingerprint density at radius 3 is 1.52 bits per heavy atom. The number of nitrogens with zero attached hydrogens (tertiary/aromatic N) is 6. The van der Waals surface area contributed by atoms with E-state index in [1.54, 1.807) is 32.0 Å². The first-order valence-corrected chi connectivity index (χ1v) is 27.9. The maximum Gasteiger partial charge on any atom is 0.410 e. The molecule has 6 atom stereocenters. The lowest BCUT2D eigenvalue weighted by Crippen LogP contribution is -2.51. The Bertz CT molecular complexity index is 3300. The van der Waals surface area contributed by atoms with E-state index in [-0.39, 0.29) is 76.3 Å². The number of likely N-dealkylation sites (tertiary alicyclic amines) is 2. The predicted octanol–water partition coefficient (Wildman–Crippen LogP) is 7.94. The summed E-state index contributed by atoms with van der Waals surface area (Å²) in [7, 11) is 2.48. The van der Waals surface area contributed by atoms with E-state index in [9.17, 15) is 28.8 Å². The van der Waals surface area contributed by atoms with Crippen LogP contribution < -0.4 is 29.6 Å². The summed E-state index contributed by atoms with van der Waals surface area (Å²) in [5.74, 6) is 2.20. The summed E-state index contributed by atoms with van der Waals surface area (Å²) in [5, 5.41) is 5.37. The molecule has 24 heteroatoms. The molecular weight excluding hydrogens is 1080 g/mol. The zero-order chi connectivity index (χ0) is 58.5. The molecule has 6 amide bonds. The van der Waals surface area contributed by atoms with Crippen molar-refractivity contribution < 1.29 is 66.7 Å². The number of amides is 6. The molecule has 6 aliphatic rings. The molecule has 0 radical (unpaired) electrons. The highest BCUT2D eigenvalue weighted by atomic mass is 16.7. The number of carbonyl (C=O) groups excluding carboxylic acids is 6. The number of aromatic nitrogens is 4. The van der Waals surface area contributed by atoms with Gasteiger partial charge in [0.2, 0.25) is 25.4 Å². The van der Waals surface area contributed by atoms with E-state index in [1.165, 1.54) is 14.2 Å². The van der Waals surface area contributed by atoms with Gasteiger partial charge >= 0.3 is 24.4 Å². The number of carbonyl (C=O) groups is 6. The summed E-state index contributed by atoms with van der Waals surface area (Å²) in [6.45, 7) is 8.94. The third kappa shape index (κ3) is 10.7. The molecule has 2 saturated heterocycles. The van der Waals surface area contributed by atoms with Crippen LogP contribution in [0.2, 0.25) is 0 Å². The number of hydrogen-bond donors (Lipinski definition) is 4. The molecule has 84 heavy (non-hydrogen) atoms. The average molecular weight is 1150 g/mol. The number of alkyl carbamates (subject to hydrolysis) is 2. The highest BCUT2D eigenvalue weighted by Gasteiger charge is 2.46. The normalized spacial score (nSPS) is 19.8. The van der Waals surface area contributed by atoms with Crippen molar-refractivity contribution in [3.05, 3.63) is 119 Å². The third-order valence-electron chi connectivity index (χ3n) is 16.4. The summed E-state index contributed by atoms with van der Waals surface area (Å²) in [4.78, 5) is 104. The molecule has 4 aromatic carbocycles. The zero-order valence-corrected chi connectivity index (χ0v) is 47.2. The van der Waals surface area contributed by atoms with Gasteiger partial charge in [-0.15, -0.1) is 0 Å². The molecule has 0 spiro atoms. The number of H-pyrrole nitrogens is 2. The summed E-state index contributed by atoms with van der Waals surface area (Å²) in [5.41, 5.74) is 8.52. The molecule has 8 heterocycles. The number of ether oxygens (including phenoxy) is 8. The lowest BCUT2D eigenvalue weighted by atomic mass is 10.0. The van der Waals surface area contributed by atoms with Gasteiger partial charge in [0.05, 0.1) is 70.1 Å². The first-order valence-electron chi connectivity index (χ1n) is 27.9. The van der Waals surface area contributed by atoms with E-state index in [0.717, 1.165) is 44.5 Å². The number of imidazole rings is 2. The smallest absolute Gasteiger partial charge is 0.410 e. The molecule has 0 aliphatic carbocycles. The first-order chi connectivity index (χ1) is 40.6. The van der Waals surface area contributed by atoms with Gasteiger partial charge in [-0.1, -0.05) is 88.4 Å². The van der Waals surface area contributed by atoms with Crippen molar-refractivity contribution in [1.82, 2.24) is 50.2 Å². The van der Waals surface area contributed by atoms with Crippen LogP contribution in [-0.2, 0) is 54.7 Å². The van der Waals surface area contributed by atoms with Crippen molar-refractivity contribution >= 4 is 36.2 Å². The van der Waals surface area contributed by atoms with Crippen LogP contribution in [0.15, 0.2) is 85.2 Å².